The van der Waals surface area contributed by atoms with Crippen molar-refractivity contribution in [3.63, 3.8) is 0 Å². The van der Waals surface area contributed by atoms with Crippen LogP contribution in [0.4, 0.5) is 0 Å². The topological polar surface area (TPSA) is 82.9 Å². The van der Waals surface area contributed by atoms with Gasteiger partial charge in [0.15, 0.2) is 0 Å². The van der Waals surface area contributed by atoms with Gasteiger partial charge in [-0.25, -0.2) is 0 Å². The Kier molecular flexibility index (Phi) is 9.02. The smallest absolute Gasteiger partial charge is 0.303 e. The first-order chi connectivity index (χ1) is 15.7. The summed E-state index contributed by atoms with van der Waals surface area (Å²) in [6.45, 7) is 9.50. The summed E-state index contributed by atoms with van der Waals surface area (Å²) in [5.74, 6) is 1.50. The molecule has 182 valence electrons. The van der Waals surface area contributed by atoms with Gasteiger partial charge in [0.1, 0.15) is 5.75 Å². The second kappa shape index (κ2) is 11.5. The fraction of sp³-hybridized carbons (Fsp3) is 0.615. The van der Waals surface area contributed by atoms with E-state index in [1.165, 1.54) is 0 Å². The van der Waals surface area contributed by atoms with Crippen LogP contribution < -0.4 is 4.74 Å². The Morgan fingerprint density at radius 3 is 2.79 bits per heavy atom. The maximum absolute atomic E-state index is 11.5. The number of rotatable bonds is 10. The SMILES string of the molecule is COc1ccc2nccc(C(O)CC[C@@H]3CCN(CCSC(C)(C)C)C[C@@H]3CC(=O)O)c2c1. The molecule has 2 aromatic rings. The van der Waals surface area contributed by atoms with Gasteiger partial charge < -0.3 is 19.8 Å². The third-order valence-electron chi connectivity index (χ3n) is 6.51. The number of hydrogen-bond donors (Lipinski definition) is 2. The molecular formula is C26H38N2O4S. The highest BCUT2D eigenvalue weighted by atomic mass is 32.2. The number of nitrogens with zero attached hydrogens (tertiary/aromatic N) is 2. The van der Waals surface area contributed by atoms with Gasteiger partial charge in [-0.2, -0.15) is 11.8 Å². The molecule has 3 rings (SSSR count). The minimum Gasteiger partial charge on any atom is -0.497 e. The van der Waals surface area contributed by atoms with E-state index in [1.807, 2.05) is 36.0 Å². The van der Waals surface area contributed by atoms with Crippen LogP contribution in [0.1, 0.15) is 58.1 Å². The van der Waals surface area contributed by atoms with Crippen molar-refractivity contribution in [2.45, 2.75) is 57.3 Å². The first kappa shape index (κ1) is 25.8. The van der Waals surface area contributed by atoms with Gasteiger partial charge in [-0.05, 0) is 67.5 Å². The number of aliphatic hydroxyl groups excluding tert-OH is 1. The number of pyridine rings is 1. The molecule has 1 saturated heterocycles. The van der Waals surface area contributed by atoms with E-state index in [9.17, 15) is 15.0 Å². The van der Waals surface area contributed by atoms with Gasteiger partial charge >= 0.3 is 5.97 Å². The number of benzene rings is 1. The number of carboxylic acid groups (broad SMARTS) is 1. The van der Waals surface area contributed by atoms with Crippen molar-refractivity contribution in [2.75, 3.05) is 32.5 Å². The molecule has 1 fully saturated rings. The van der Waals surface area contributed by atoms with Gasteiger partial charge in [0.05, 0.1) is 18.7 Å². The predicted molar refractivity (Wildman–Crippen MR) is 135 cm³/mol. The number of hydrogen-bond acceptors (Lipinski definition) is 6. The van der Waals surface area contributed by atoms with Crippen molar-refractivity contribution in [3.8, 4) is 5.75 Å². The number of methoxy groups -OCH3 is 1. The van der Waals surface area contributed by atoms with E-state index >= 15 is 0 Å². The molecule has 7 heteroatoms. The fourth-order valence-electron chi connectivity index (χ4n) is 4.77. The van der Waals surface area contributed by atoms with Crippen LogP contribution in [0.25, 0.3) is 10.9 Å². The van der Waals surface area contributed by atoms with Gasteiger partial charge in [0.2, 0.25) is 0 Å². The van der Waals surface area contributed by atoms with Crippen LogP contribution in [0, 0.1) is 11.8 Å². The lowest BCUT2D eigenvalue weighted by atomic mass is 9.79. The molecule has 1 unspecified atom stereocenters. The predicted octanol–water partition coefficient (Wildman–Crippen LogP) is 5.00. The van der Waals surface area contributed by atoms with Crippen LogP contribution in [0.2, 0.25) is 0 Å². The summed E-state index contributed by atoms with van der Waals surface area (Å²) < 4.78 is 5.59. The van der Waals surface area contributed by atoms with Crippen molar-refractivity contribution >= 4 is 28.6 Å². The molecule has 0 radical (unpaired) electrons. The third-order valence-corrected chi connectivity index (χ3v) is 7.76. The Bertz CT molecular complexity index is 930. The number of aliphatic carboxylic acids is 1. The highest BCUT2D eigenvalue weighted by molar-refractivity contribution is 8.00. The van der Waals surface area contributed by atoms with Crippen LogP contribution in [0.5, 0.6) is 5.75 Å². The van der Waals surface area contributed by atoms with Crippen molar-refractivity contribution < 1.29 is 19.7 Å². The zero-order chi connectivity index (χ0) is 24.0. The minimum atomic E-state index is -0.733. The van der Waals surface area contributed by atoms with Gasteiger partial charge in [-0.3, -0.25) is 9.78 Å². The zero-order valence-corrected chi connectivity index (χ0v) is 21.1. The number of aliphatic hydroxyl groups is 1. The first-order valence-corrected chi connectivity index (χ1v) is 12.8. The number of fused-ring (bicyclic) bond motifs is 1. The van der Waals surface area contributed by atoms with E-state index in [4.69, 9.17) is 4.74 Å². The second-order valence-electron chi connectivity index (χ2n) is 10.0. The van der Waals surface area contributed by atoms with Gasteiger partial charge in [0.25, 0.3) is 0 Å². The van der Waals surface area contributed by atoms with E-state index < -0.39 is 12.1 Å². The molecule has 0 saturated carbocycles. The molecule has 0 spiro atoms. The molecular weight excluding hydrogens is 436 g/mol. The molecule has 2 N–H and O–H groups in total. The maximum atomic E-state index is 11.5. The van der Waals surface area contributed by atoms with Crippen LogP contribution in [0.15, 0.2) is 30.5 Å². The van der Waals surface area contributed by atoms with Crippen LogP contribution in [-0.4, -0.2) is 63.3 Å². The maximum Gasteiger partial charge on any atom is 0.303 e. The lowest BCUT2D eigenvalue weighted by molar-refractivity contribution is -0.139. The Hall–Kier alpha value is -1.83. The summed E-state index contributed by atoms with van der Waals surface area (Å²) in [6.07, 6.45) is 3.71. The Morgan fingerprint density at radius 1 is 1.30 bits per heavy atom. The summed E-state index contributed by atoms with van der Waals surface area (Å²) >= 11 is 1.95. The van der Waals surface area contributed by atoms with Crippen molar-refractivity contribution in [1.29, 1.82) is 0 Å². The number of piperidine rings is 1. The van der Waals surface area contributed by atoms with Crippen LogP contribution in [0.3, 0.4) is 0 Å². The quantitative estimate of drug-likeness (QED) is 0.501. The minimum absolute atomic E-state index is 0.123. The number of carboxylic acids is 1. The second-order valence-corrected chi connectivity index (χ2v) is 12.0. The largest absolute Gasteiger partial charge is 0.497 e. The number of carbonyl (C=O) groups is 1. The molecule has 1 aliphatic rings. The van der Waals surface area contributed by atoms with Gasteiger partial charge in [0, 0.05) is 41.6 Å². The van der Waals surface area contributed by atoms with Crippen molar-refractivity contribution in [1.82, 2.24) is 9.88 Å². The Labute approximate surface area is 201 Å². The highest BCUT2D eigenvalue weighted by Crippen LogP contribution is 2.35. The molecule has 6 nitrogen and oxygen atoms in total. The molecule has 3 atom stereocenters. The molecule has 1 aliphatic heterocycles. The number of aromatic nitrogens is 1. The molecule has 0 bridgehead atoms. The summed E-state index contributed by atoms with van der Waals surface area (Å²) in [4.78, 5) is 18.4. The number of thioether (sulfide) groups is 1. The molecule has 2 heterocycles. The molecule has 0 aliphatic carbocycles. The summed E-state index contributed by atoms with van der Waals surface area (Å²) in [5.41, 5.74) is 1.68. The third kappa shape index (κ3) is 7.59. The highest BCUT2D eigenvalue weighted by Gasteiger charge is 2.31. The van der Waals surface area contributed by atoms with Crippen molar-refractivity contribution in [2.24, 2.45) is 11.8 Å². The standard InChI is InChI=1S/C26H38N2O4S/c1-26(2,3)33-14-13-28-12-10-18(19(17-28)15-25(30)31)5-8-24(29)21-9-11-27-23-7-6-20(32-4)16-22(21)23/h6-7,9,11,16,18-19,24,29H,5,8,10,12-15,17H2,1-4H3,(H,30,31)/t18-,19+,24?/m1/s1. The summed E-state index contributed by atoms with van der Waals surface area (Å²) in [6, 6.07) is 7.57. The summed E-state index contributed by atoms with van der Waals surface area (Å²) in [5, 5.41) is 21.4. The fourth-order valence-corrected chi connectivity index (χ4v) is 5.73. The van der Waals surface area contributed by atoms with Crippen LogP contribution >= 0.6 is 11.8 Å². The normalized spacial score (nSPS) is 20.6. The molecule has 1 aromatic heterocycles. The first-order valence-electron chi connectivity index (χ1n) is 11.8. The number of likely N-dealkylation sites (tertiary alicyclic amines) is 1. The van der Waals surface area contributed by atoms with E-state index in [0.717, 1.165) is 60.4 Å². The lowest BCUT2D eigenvalue weighted by Crippen LogP contribution is -2.42. The molecule has 33 heavy (non-hydrogen) atoms. The van der Waals surface area contributed by atoms with E-state index in [1.54, 1.807) is 13.3 Å². The Balaban J connectivity index is 1.62. The molecule has 0 amide bonds. The zero-order valence-electron chi connectivity index (χ0n) is 20.3. The lowest BCUT2D eigenvalue weighted by Gasteiger charge is -2.38. The van der Waals surface area contributed by atoms with E-state index in [0.29, 0.717) is 12.3 Å². The van der Waals surface area contributed by atoms with Crippen molar-refractivity contribution in [3.05, 3.63) is 36.0 Å². The number of ether oxygens (including phenoxy) is 1. The van der Waals surface area contributed by atoms with Crippen LogP contribution in [-0.2, 0) is 4.79 Å². The molecule has 1 aromatic carbocycles. The summed E-state index contributed by atoms with van der Waals surface area (Å²) in [7, 11) is 1.63. The monoisotopic (exact) mass is 474 g/mol. The average molecular weight is 475 g/mol. The van der Waals surface area contributed by atoms with E-state index in [2.05, 4.69) is 30.7 Å². The van der Waals surface area contributed by atoms with E-state index in [-0.39, 0.29) is 17.1 Å². The van der Waals surface area contributed by atoms with Gasteiger partial charge in [-0.1, -0.05) is 20.8 Å². The Morgan fingerprint density at radius 2 is 2.09 bits per heavy atom. The average Bonchev–Trinajstić information content (AvgIpc) is 2.76. The van der Waals surface area contributed by atoms with Gasteiger partial charge in [-0.15, -0.1) is 0 Å².